The van der Waals surface area contributed by atoms with Crippen LogP contribution in [0.4, 0.5) is 10.5 Å². The van der Waals surface area contributed by atoms with Crippen molar-refractivity contribution in [3.05, 3.63) is 58.1 Å². The van der Waals surface area contributed by atoms with Crippen LogP contribution >= 0.6 is 23.2 Å². The highest BCUT2D eigenvalue weighted by Gasteiger charge is 2.27. The number of rotatable bonds is 8. The van der Waals surface area contributed by atoms with Gasteiger partial charge in [-0.2, -0.15) is 0 Å². The maximum Gasteiger partial charge on any atom is 0.350 e. The number of ether oxygens (including phenoxy) is 2. The van der Waals surface area contributed by atoms with Crippen LogP contribution in [0.5, 0.6) is 5.75 Å². The summed E-state index contributed by atoms with van der Waals surface area (Å²) in [6, 6.07) is 10.7. The molecule has 0 aliphatic carbocycles. The normalized spacial score (nSPS) is 12.3. The van der Waals surface area contributed by atoms with Gasteiger partial charge in [0.2, 0.25) is 5.96 Å². The molecule has 0 saturated heterocycles. The van der Waals surface area contributed by atoms with Gasteiger partial charge in [0.25, 0.3) is 0 Å². The van der Waals surface area contributed by atoms with Gasteiger partial charge in [-0.1, -0.05) is 42.3 Å². The maximum atomic E-state index is 13.1. The van der Waals surface area contributed by atoms with Crippen molar-refractivity contribution in [1.82, 2.24) is 9.96 Å². The van der Waals surface area contributed by atoms with Crippen LogP contribution in [0.3, 0.4) is 0 Å². The van der Waals surface area contributed by atoms with Crippen LogP contribution < -0.4 is 10.5 Å². The summed E-state index contributed by atoms with van der Waals surface area (Å²) in [6.45, 7) is 4.96. The first-order chi connectivity index (χ1) is 16.0. The molecule has 0 bridgehead atoms. The van der Waals surface area contributed by atoms with Gasteiger partial charge >= 0.3 is 12.0 Å². The highest BCUT2D eigenvalue weighted by Crippen LogP contribution is 2.30. The summed E-state index contributed by atoms with van der Waals surface area (Å²) in [5.41, 5.74) is 7.24. The van der Waals surface area contributed by atoms with Crippen molar-refractivity contribution in [3.63, 3.8) is 0 Å². The molecular weight excluding hydrogens is 483 g/mol. The first-order valence-electron chi connectivity index (χ1n) is 10.4. The maximum absolute atomic E-state index is 13.1. The fraction of sp³-hybridized carbons (Fsp3) is 0.348. The summed E-state index contributed by atoms with van der Waals surface area (Å²) in [5.74, 6) is -1.04. The predicted molar refractivity (Wildman–Crippen MR) is 131 cm³/mol. The molecule has 11 heteroatoms. The van der Waals surface area contributed by atoms with E-state index in [1.807, 2.05) is 13.8 Å². The predicted octanol–water partition coefficient (Wildman–Crippen LogP) is 4.85. The standard InChI is InChI=1S/C23H28Cl2N4O5/c1-14(2)34-20-10-9-18(11-19(20)25)27-22(26)28(13-16-5-7-17(24)8-6-16)23(31)29(32)12-15(3)21(30)33-4/h5-11,14-15,32H,12-13H2,1-4H3,(H2,26,27)/t15-/m1/s1. The number of methoxy groups -OCH3 is 1. The molecule has 0 saturated carbocycles. The zero-order valence-corrected chi connectivity index (χ0v) is 20.9. The Balaban J connectivity index is 2.33. The van der Waals surface area contributed by atoms with Crippen molar-refractivity contribution in [2.45, 2.75) is 33.4 Å². The number of aliphatic imine (C=N–C) groups is 1. The van der Waals surface area contributed by atoms with E-state index in [4.69, 9.17) is 33.7 Å². The molecule has 2 rings (SSSR count). The van der Waals surface area contributed by atoms with Crippen LogP contribution in [0.15, 0.2) is 47.5 Å². The molecule has 0 spiro atoms. The number of hydrogen-bond donors (Lipinski definition) is 2. The average molecular weight is 511 g/mol. The van der Waals surface area contributed by atoms with Gasteiger partial charge in [0.05, 0.1) is 42.9 Å². The second-order valence-electron chi connectivity index (χ2n) is 7.75. The Bertz CT molecular complexity index is 1030. The first kappa shape index (κ1) is 27.2. The molecule has 184 valence electrons. The molecule has 0 aliphatic heterocycles. The lowest BCUT2D eigenvalue weighted by Gasteiger charge is -2.27. The number of nitrogens with zero attached hydrogens (tertiary/aromatic N) is 3. The second kappa shape index (κ2) is 12.5. The number of guanidine groups is 1. The number of carbonyl (C=O) groups excluding carboxylic acids is 2. The zero-order valence-electron chi connectivity index (χ0n) is 19.4. The Morgan fingerprint density at radius 2 is 1.76 bits per heavy atom. The number of carbonyl (C=O) groups is 2. The quantitative estimate of drug-likeness (QED) is 0.172. The van der Waals surface area contributed by atoms with E-state index in [2.05, 4.69) is 9.73 Å². The average Bonchev–Trinajstić information content (AvgIpc) is 2.79. The third-order valence-corrected chi connectivity index (χ3v) is 5.10. The van der Waals surface area contributed by atoms with Crippen LogP contribution in [0.2, 0.25) is 10.0 Å². The lowest BCUT2D eigenvalue weighted by Crippen LogP contribution is -2.49. The molecule has 34 heavy (non-hydrogen) atoms. The van der Waals surface area contributed by atoms with Crippen molar-refractivity contribution in [1.29, 1.82) is 0 Å². The molecule has 0 radical (unpaired) electrons. The molecular formula is C23H28Cl2N4O5. The smallest absolute Gasteiger partial charge is 0.350 e. The van der Waals surface area contributed by atoms with Crippen molar-refractivity contribution in [3.8, 4) is 5.75 Å². The van der Waals surface area contributed by atoms with E-state index in [0.717, 1.165) is 4.90 Å². The number of amides is 2. The fourth-order valence-corrected chi connectivity index (χ4v) is 3.22. The summed E-state index contributed by atoms with van der Waals surface area (Å²) >= 11 is 12.2. The first-order valence-corrected chi connectivity index (χ1v) is 11.2. The Labute approximate surface area is 208 Å². The summed E-state index contributed by atoms with van der Waals surface area (Å²) in [6.07, 6.45) is -0.0627. The molecule has 2 aromatic carbocycles. The van der Waals surface area contributed by atoms with E-state index in [9.17, 15) is 14.8 Å². The number of hydroxylamine groups is 2. The Morgan fingerprint density at radius 1 is 1.12 bits per heavy atom. The number of esters is 1. The van der Waals surface area contributed by atoms with E-state index < -0.39 is 17.9 Å². The number of benzene rings is 2. The molecule has 1 atom stereocenters. The number of hydrogen-bond acceptors (Lipinski definition) is 6. The van der Waals surface area contributed by atoms with E-state index in [1.54, 1.807) is 42.5 Å². The monoisotopic (exact) mass is 510 g/mol. The third kappa shape index (κ3) is 7.79. The molecule has 3 N–H and O–H groups in total. The van der Waals surface area contributed by atoms with Crippen LogP contribution in [0.25, 0.3) is 0 Å². The summed E-state index contributed by atoms with van der Waals surface area (Å²) in [4.78, 5) is 30.1. The number of halogens is 2. The SMILES string of the molecule is COC(=O)[C@H](C)CN(O)C(=O)N(Cc1ccc(Cl)cc1)/C(N)=N/c1ccc(OC(C)C)c(Cl)c1. The van der Waals surface area contributed by atoms with E-state index in [-0.39, 0.29) is 25.2 Å². The molecule has 9 nitrogen and oxygen atoms in total. The van der Waals surface area contributed by atoms with Gasteiger partial charge in [0, 0.05) is 5.02 Å². The molecule has 2 amide bonds. The minimum absolute atomic E-state index is 0.0166. The number of urea groups is 1. The third-order valence-electron chi connectivity index (χ3n) is 4.55. The second-order valence-corrected chi connectivity index (χ2v) is 8.60. The van der Waals surface area contributed by atoms with Crippen LogP contribution in [-0.2, 0) is 16.1 Å². The van der Waals surface area contributed by atoms with Crippen LogP contribution in [-0.4, -0.2) is 52.9 Å². The summed E-state index contributed by atoms with van der Waals surface area (Å²) in [7, 11) is 1.22. The Hall–Kier alpha value is -3.01. The zero-order chi connectivity index (χ0) is 25.4. The Kier molecular flexibility index (Phi) is 9.97. The molecule has 0 unspecified atom stereocenters. The summed E-state index contributed by atoms with van der Waals surface area (Å²) in [5, 5.41) is 11.6. The topological polar surface area (TPSA) is 118 Å². The van der Waals surface area contributed by atoms with E-state index in [0.29, 0.717) is 32.1 Å². The van der Waals surface area contributed by atoms with Gasteiger partial charge < -0.3 is 15.2 Å². The van der Waals surface area contributed by atoms with E-state index >= 15 is 0 Å². The largest absolute Gasteiger partial charge is 0.489 e. The van der Waals surface area contributed by atoms with Crippen molar-refractivity contribution in [2.75, 3.05) is 13.7 Å². The highest BCUT2D eigenvalue weighted by atomic mass is 35.5. The molecule has 0 aromatic heterocycles. The molecule has 0 fully saturated rings. The van der Waals surface area contributed by atoms with Crippen molar-refractivity contribution >= 4 is 46.8 Å². The van der Waals surface area contributed by atoms with Crippen LogP contribution in [0, 0.1) is 5.92 Å². The lowest BCUT2D eigenvalue weighted by atomic mass is 10.2. The Morgan fingerprint density at radius 3 is 2.32 bits per heavy atom. The van der Waals surface area contributed by atoms with Crippen LogP contribution in [0.1, 0.15) is 26.3 Å². The lowest BCUT2D eigenvalue weighted by molar-refractivity contribution is -0.148. The van der Waals surface area contributed by atoms with Gasteiger partial charge in [-0.05, 0) is 49.7 Å². The van der Waals surface area contributed by atoms with Gasteiger partial charge in [-0.25, -0.2) is 14.9 Å². The van der Waals surface area contributed by atoms with Gasteiger partial charge in [0.15, 0.2) is 0 Å². The minimum atomic E-state index is -0.877. The highest BCUT2D eigenvalue weighted by molar-refractivity contribution is 6.32. The molecule has 2 aromatic rings. The van der Waals surface area contributed by atoms with Crippen molar-refractivity contribution in [2.24, 2.45) is 16.6 Å². The van der Waals surface area contributed by atoms with Gasteiger partial charge in [-0.3, -0.25) is 14.9 Å². The van der Waals surface area contributed by atoms with Gasteiger partial charge in [-0.15, -0.1) is 0 Å². The minimum Gasteiger partial charge on any atom is -0.489 e. The number of nitrogens with two attached hydrogens (primary N) is 1. The van der Waals surface area contributed by atoms with Crippen molar-refractivity contribution < 1.29 is 24.3 Å². The summed E-state index contributed by atoms with van der Waals surface area (Å²) < 4.78 is 10.3. The molecule has 0 heterocycles. The molecule has 0 aliphatic rings. The van der Waals surface area contributed by atoms with Gasteiger partial charge in [0.1, 0.15) is 5.75 Å². The van der Waals surface area contributed by atoms with E-state index in [1.165, 1.54) is 14.0 Å². The fourth-order valence-electron chi connectivity index (χ4n) is 2.87.